The van der Waals surface area contributed by atoms with Crippen LogP contribution in [-0.2, 0) is 9.53 Å². The lowest BCUT2D eigenvalue weighted by Crippen LogP contribution is -2.11. The first kappa shape index (κ1) is 11.8. The van der Waals surface area contributed by atoms with Gasteiger partial charge in [0.05, 0.1) is 0 Å². The highest BCUT2D eigenvalue weighted by Crippen LogP contribution is 2.10. The van der Waals surface area contributed by atoms with Crippen molar-refractivity contribution >= 4 is 17.6 Å². The van der Waals surface area contributed by atoms with Crippen LogP contribution in [-0.4, -0.2) is 11.5 Å². The van der Waals surface area contributed by atoms with Gasteiger partial charge in [0.25, 0.3) is 0 Å². The molecule has 0 amide bonds. The maximum absolute atomic E-state index is 10.9. The Hall–Kier alpha value is -0.240. The van der Waals surface area contributed by atoms with Crippen LogP contribution in [0.5, 0.6) is 0 Å². The Kier molecular flexibility index (Phi) is 7.26. The van der Waals surface area contributed by atoms with Gasteiger partial charge in [-0.2, -0.15) is 0 Å². The SMILES string of the molecule is CCCCC(Cl)OC(=O)CCC. The van der Waals surface area contributed by atoms with Crippen molar-refractivity contribution in [2.45, 2.75) is 51.5 Å². The van der Waals surface area contributed by atoms with Gasteiger partial charge in [0, 0.05) is 6.42 Å². The molecule has 0 rings (SSSR count). The molecule has 2 nitrogen and oxygen atoms in total. The number of hydrogen-bond acceptors (Lipinski definition) is 2. The number of carbonyl (C=O) groups excluding carboxylic acids is 1. The summed E-state index contributed by atoms with van der Waals surface area (Å²) >= 11 is 5.75. The van der Waals surface area contributed by atoms with Crippen molar-refractivity contribution in [1.82, 2.24) is 0 Å². The van der Waals surface area contributed by atoms with Crippen molar-refractivity contribution in [3.8, 4) is 0 Å². The standard InChI is InChI=1S/C9H17ClO2/c1-3-5-7-8(10)12-9(11)6-4-2/h8H,3-7H2,1-2H3. The molecule has 0 aliphatic heterocycles. The van der Waals surface area contributed by atoms with E-state index >= 15 is 0 Å². The smallest absolute Gasteiger partial charge is 0.307 e. The summed E-state index contributed by atoms with van der Waals surface area (Å²) in [5.74, 6) is -0.186. The summed E-state index contributed by atoms with van der Waals surface area (Å²) < 4.78 is 4.92. The molecule has 0 aromatic rings. The van der Waals surface area contributed by atoms with Gasteiger partial charge in [0.15, 0.2) is 5.56 Å². The molecule has 1 unspecified atom stereocenters. The van der Waals surface area contributed by atoms with Crippen molar-refractivity contribution in [3.63, 3.8) is 0 Å². The van der Waals surface area contributed by atoms with Gasteiger partial charge in [-0.05, 0) is 19.3 Å². The van der Waals surface area contributed by atoms with E-state index in [4.69, 9.17) is 16.3 Å². The number of hydrogen-bond donors (Lipinski definition) is 0. The van der Waals surface area contributed by atoms with Crippen LogP contribution >= 0.6 is 11.6 Å². The minimum Gasteiger partial charge on any atom is -0.446 e. The van der Waals surface area contributed by atoms with Gasteiger partial charge in [-0.15, -0.1) is 0 Å². The Labute approximate surface area is 79.2 Å². The second-order valence-corrected chi connectivity index (χ2v) is 3.28. The Balaban J connectivity index is 3.40. The minimum absolute atomic E-state index is 0.186. The number of ether oxygens (including phenoxy) is 1. The zero-order chi connectivity index (χ0) is 9.40. The highest BCUT2D eigenvalue weighted by Gasteiger charge is 2.08. The molecular weight excluding hydrogens is 176 g/mol. The molecule has 0 N–H and O–H groups in total. The highest BCUT2D eigenvalue weighted by molar-refractivity contribution is 6.20. The van der Waals surface area contributed by atoms with Gasteiger partial charge >= 0.3 is 5.97 Å². The van der Waals surface area contributed by atoms with Crippen molar-refractivity contribution < 1.29 is 9.53 Å². The maximum Gasteiger partial charge on any atom is 0.307 e. The number of alkyl halides is 1. The highest BCUT2D eigenvalue weighted by atomic mass is 35.5. The van der Waals surface area contributed by atoms with E-state index in [9.17, 15) is 4.79 Å². The lowest BCUT2D eigenvalue weighted by atomic mass is 10.3. The van der Waals surface area contributed by atoms with E-state index in [1.807, 2.05) is 6.92 Å². The molecule has 0 spiro atoms. The first-order chi connectivity index (χ1) is 5.70. The predicted molar refractivity (Wildman–Crippen MR) is 50.2 cm³/mol. The van der Waals surface area contributed by atoms with Crippen LogP contribution in [0.1, 0.15) is 46.0 Å². The molecule has 0 saturated heterocycles. The van der Waals surface area contributed by atoms with E-state index in [-0.39, 0.29) is 5.97 Å². The third kappa shape index (κ3) is 6.47. The van der Waals surface area contributed by atoms with Crippen LogP contribution in [0.2, 0.25) is 0 Å². The fourth-order valence-corrected chi connectivity index (χ4v) is 1.08. The maximum atomic E-state index is 10.9. The summed E-state index contributed by atoms with van der Waals surface area (Å²) in [5.41, 5.74) is -0.427. The predicted octanol–water partition coefficient (Wildman–Crippen LogP) is 3.08. The number of unbranched alkanes of at least 4 members (excludes halogenated alkanes) is 1. The monoisotopic (exact) mass is 192 g/mol. The molecule has 0 aromatic carbocycles. The summed E-state index contributed by atoms with van der Waals surface area (Å²) in [6.07, 6.45) is 4.13. The second-order valence-electron chi connectivity index (χ2n) is 2.79. The van der Waals surface area contributed by atoms with Gasteiger partial charge in [0.2, 0.25) is 0 Å². The molecule has 72 valence electrons. The number of esters is 1. The molecular formula is C9H17ClO2. The van der Waals surface area contributed by atoms with E-state index in [1.54, 1.807) is 0 Å². The average molecular weight is 193 g/mol. The van der Waals surface area contributed by atoms with Crippen LogP contribution in [0.25, 0.3) is 0 Å². The molecule has 0 saturated carbocycles. The summed E-state index contributed by atoms with van der Waals surface area (Å²) in [6, 6.07) is 0. The van der Waals surface area contributed by atoms with Gasteiger partial charge in [-0.3, -0.25) is 4.79 Å². The molecule has 0 aliphatic carbocycles. The lowest BCUT2D eigenvalue weighted by Gasteiger charge is -2.09. The van der Waals surface area contributed by atoms with Crippen LogP contribution in [0.3, 0.4) is 0 Å². The van der Waals surface area contributed by atoms with Gasteiger partial charge in [-0.25, -0.2) is 0 Å². The molecule has 0 bridgehead atoms. The van der Waals surface area contributed by atoms with E-state index in [0.29, 0.717) is 6.42 Å². The Morgan fingerprint density at radius 1 is 1.42 bits per heavy atom. The first-order valence-corrected chi connectivity index (χ1v) is 4.97. The fourth-order valence-electron chi connectivity index (χ4n) is 0.829. The van der Waals surface area contributed by atoms with Crippen LogP contribution < -0.4 is 0 Å². The van der Waals surface area contributed by atoms with Crippen molar-refractivity contribution in [2.75, 3.05) is 0 Å². The van der Waals surface area contributed by atoms with Gasteiger partial charge < -0.3 is 4.74 Å². The second kappa shape index (κ2) is 7.41. The quantitative estimate of drug-likeness (QED) is 0.478. The Morgan fingerprint density at radius 3 is 2.58 bits per heavy atom. The van der Waals surface area contributed by atoms with Crippen molar-refractivity contribution in [1.29, 1.82) is 0 Å². The summed E-state index contributed by atoms with van der Waals surface area (Å²) in [7, 11) is 0. The third-order valence-electron chi connectivity index (χ3n) is 1.50. The molecule has 3 heteroatoms. The first-order valence-electron chi connectivity index (χ1n) is 4.54. The molecule has 0 fully saturated rings. The van der Waals surface area contributed by atoms with Crippen LogP contribution in [0, 0.1) is 0 Å². The largest absolute Gasteiger partial charge is 0.446 e. The molecule has 1 atom stereocenters. The van der Waals surface area contributed by atoms with E-state index in [1.165, 1.54) is 0 Å². The summed E-state index contributed by atoms with van der Waals surface area (Å²) in [4.78, 5) is 10.9. The summed E-state index contributed by atoms with van der Waals surface area (Å²) in [5, 5.41) is 0. The number of rotatable bonds is 6. The van der Waals surface area contributed by atoms with Gasteiger partial charge in [-0.1, -0.05) is 31.9 Å². The topological polar surface area (TPSA) is 26.3 Å². The lowest BCUT2D eigenvalue weighted by molar-refractivity contribution is -0.145. The zero-order valence-electron chi connectivity index (χ0n) is 7.81. The minimum atomic E-state index is -0.427. The third-order valence-corrected chi connectivity index (χ3v) is 1.81. The molecule has 0 aromatic heterocycles. The summed E-state index contributed by atoms with van der Waals surface area (Å²) in [6.45, 7) is 4.02. The van der Waals surface area contributed by atoms with Crippen LogP contribution in [0.4, 0.5) is 0 Å². The van der Waals surface area contributed by atoms with E-state index in [2.05, 4.69) is 6.92 Å². The van der Waals surface area contributed by atoms with Crippen molar-refractivity contribution in [3.05, 3.63) is 0 Å². The average Bonchev–Trinajstić information content (AvgIpc) is 2.01. The van der Waals surface area contributed by atoms with E-state index in [0.717, 1.165) is 25.7 Å². The molecule has 0 radical (unpaired) electrons. The number of carbonyl (C=O) groups is 1. The van der Waals surface area contributed by atoms with E-state index < -0.39 is 5.56 Å². The van der Waals surface area contributed by atoms with Gasteiger partial charge in [0.1, 0.15) is 0 Å². The van der Waals surface area contributed by atoms with Crippen LogP contribution in [0.15, 0.2) is 0 Å². The number of halogens is 1. The van der Waals surface area contributed by atoms with Crippen molar-refractivity contribution in [2.24, 2.45) is 0 Å². The molecule has 0 aliphatic rings. The Bertz CT molecular complexity index is 126. The molecule has 0 heterocycles. The zero-order valence-corrected chi connectivity index (χ0v) is 8.56. The fraction of sp³-hybridized carbons (Fsp3) is 0.889. The normalized spacial score (nSPS) is 12.6. The molecule has 12 heavy (non-hydrogen) atoms. The Morgan fingerprint density at radius 2 is 2.08 bits per heavy atom.